The van der Waals surface area contributed by atoms with Gasteiger partial charge in [-0.15, -0.1) is 0 Å². The number of nitrogen functional groups attached to an aromatic ring is 1. The van der Waals surface area contributed by atoms with Crippen molar-refractivity contribution in [3.8, 4) is 0 Å². The zero-order valence-electron chi connectivity index (χ0n) is 11.2. The first-order chi connectivity index (χ1) is 9.04. The van der Waals surface area contributed by atoms with Crippen LogP contribution < -0.4 is 5.73 Å². The average Bonchev–Trinajstić information content (AvgIpc) is 2.34. The van der Waals surface area contributed by atoms with Crippen LogP contribution >= 0.6 is 11.6 Å². The van der Waals surface area contributed by atoms with Gasteiger partial charge in [-0.1, -0.05) is 17.7 Å². The Morgan fingerprint density at radius 2 is 2.00 bits per heavy atom. The average molecular weight is 276 g/mol. The highest BCUT2D eigenvalue weighted by Gasteiger charge is 2.06. The van der Waals surface area contributed by atoms with Crippen molar-refractivity contribution in [2.24, 2.45) is 0 Å². The molecule has 2 aromatic rings. The molecule has 0 bridgehead atoms. The van der Waals surface area contributed by atoms with Gasteiger partial charge in [0.1, 0.15) is 0 Å². The standard InChI is InChI=1S/C15H18ClN3/c1-11-4-3-5-14(18-11)10-19(2)9-12-8-13(16)6-7-15(12)17/h3-8H,9-10,17H2,1-2H3. The highest BCUT2D eigenvalue weighted by molar-refractivity contribution is 6.30. The van der Waals surface area contributed by atoms with E-state index in [4.69, 9.17) is 17.3 Å². The van der Waals surface area contributed by atoms with Gasteiger partial charge in [-0.2, -0.15) is 0 Å². The lowest BCUT2D eigenvalue weighted by Crippen LogP contribution is -2.18. The van der Waals surface area contributed by atoms with Crippen molar-refractivity contribution in [2.45, 2.75) is 20.0 Å². The fraction of sp³-hybridized carbons (Fsp3) is 0.267. The summed E-state index contributed by atoms with van der Waals surface area (Å²) < 4.78 is 0. The fourth-order valence-electron chi connectivity index (χ4n) is 2.02. The van der Waals surface area contributed by atoms with Gasteiger partial charge in [0.15, 0.2) is 0 Å². The third-order valence-electron chi connectivity index (χ3n) is 2.92. The minimum absolute atomic E-state index is 0.714. The zero-order valence-corrected chi connectivity index (χ0v) is 12.0. The summed E-state index contributed by atoms with van der Waals surface area (Å²) in [7, 11) is 2.05. The van der Waals surface area contributed by atoms with Crippen LogP contribution in [0.25, 0.3) is 0 Å². The first-order valence-electron chi connectivity index (χ1n) is 6.19. The molecule has 0 unspecified atom stereocenters. The lowest BCUT2D eigenvalue weighted by atomic mass is 10.1. The smallest absolute Gasteiger partial charge is 0.0547 e. The lowest BCUT2D eigenvalue weighted by molar-refractivity contribution is 0.315. The lowest BCUT2D eigenvalue weighted by Gasteiger charge is -2.17. The van der Waals surface area contributed by atoms with Gasteiger partial charge < -0.3 is 5.73 Å². The van der Waals surface area contributed by atoms with Crippen molar-refractivity contribution < 1.29 is 0 Å². The Morgan fingerprint density at radius 3 is 2.74 bits per heavy atom. The summed E-state index contributed by atoms with van der Waals surface area (Å²) in [5, 5.41) is 0.714. The maximum atomic E-state index is 5.99. The monoisotopic (exact) mass is 275 g/mol. The number of nitrogens with two attached hydrogens (primary N) is 1. The molecule has 0 radical (unpaired) electrons. The topological polar surface area (TPSA) is 42.1 Å². The summed E-state index contributed by atoms with van der Waals surface area (Å²) in [5.41, 5.74) is 9.86. The number of hydrogen-bond acceptors (Lipinski definition) is 3. The molecule has 0 fully saturated rings. The van der Waals surface area contributed by atoms with Crippen molar-refractivity contribution in [1.29, 1.82) is 0 Å². The van der Waals surface area contributed by atoms with Crippen LogP contribution in [0.1, 0.15) is 17.0 Å². The SMILES string of the molecule is Cc1cccc(CN(C)Cc2cc(Cl)ccc2N)n1. The quantitative estimate of drug-likeness (QED) is 0.871. The van der Waals surface area contributed by atoms with Gasteiger partial charge in [0.05, 0.1) is 5.69 Å². The van der Waals surface area contributed by atoms with E-state index in [2.05, 4.69) is 9.88 Å². The molecule has 0 spiro atoms. The number of anilines is 1. The zero-order chi connectivity index (χ0) is 13.8. The molecule has 0 aliphatic carbocycles. The van der Waals surface area contributed by atoms with E-state index < -0.39 is 0 Å². The minimum Gasteiger partial charge on any atom is -0.398 e. The van der Waals surface area contributed by atoms with Gasteiger partial charge in [0.2, 0.25) is 0 Å². The third-order valence-corrected chi connectivity index (χ3v) is 3.16. The van der Waals surface area contributed by atoms with E-state index in [1.165, 1.54) is 0 Å². The van der Waals surface area contributed by atoms with Crippen molar-refractivity contribution in [1.82, 2.24) is 9.88 Å². The van der Waals surface area contributed by atoms with E-state index in [0.717, 1.165) is 35.7 Å². The van der Waals surface area contributed by atoms with Crippen molar-refractivity contribution >= 4 is 17.3 Å². The minimum atomic E-state index is 0.714. The summed E-state index contributed by atoms with van der Waals surface area (Å²) in [6, 6.07) is 11.6. The molecule has 1 aromatic carbocycles. The molecule has 0 saturated heterocycles. The molecule has 0 amide bonds. The Bertz CT molecular complexity index is 569. The van der Waals surface area contributed by atoms with Gasteiger partial charge in [-0.25, -0.2) is 0 Å². The summed E-state index contributed by atoms with van der Waals surface area (Å²) in [6.07, 6.45) is 0. The van der Waals surface area contributed by atoms with Gasteiger partial charge in [-0.05, 0) is 49.9 Å². The van der Waals surface area contributed by atoms with Crippen LogP contribution in [-0.4, -0.2) is 16.9 Å². The highest BCUT2D eigenvalue weighted by Crippen LogP contribution is 2.19. The second-order valence-corrected chi connectivity index (χ2v) is 5.22. The second kappa shape index (κ2) is 6.04. The Balaban J connectivity index is 2.05. The molecule has 19 heavy (non-hydrogen) atoms. The Morgan fingerprint density at radius 1 is 1.21 bits per heavy atom. The molecule has 100 valence electrons. The number of aryl methyl sites for hydroxylation is 1. The predicted octanol–water partition coefficient (Wildman–Crippen LogP) is 3.26. The van der Waals surface area contributed by atoms with Gasteiger partial charge in [-0.3, -0.25) is 9.88 Å². The van der Waals surface area contributed by atoms with Crippen molar-refractivity contribution in [3.05, 3.63) is 58.4 Å². The van der Waals surface area contributed by atoms with Gasteiger partial charge in [0, 0.05) is 29.5 Å². The summed E-state index contributed by atoms with van der Waals surface area (Å²) in [4.78, 5) is 6.67. The predicted molar refractivity (Wildman–Crippen MR) is 80.0 cm³/mol. The molecule has 2 rings (SSSR count). The number of aromatic nitrogens is 1. The van der Waals surface area contributed by atoms with Crippen LogP contribution in [0.3, 0.4) is 0 Å². The number of hydrogen-bond donors (Lipinski definition) is 1. The molecule has 0 aliphatic rings. The molecule has 1 heterocycles. The first kappa shape index (κ1) is 13.8. The van der Waals surface area contributed by atoms with E-state index in [0.29, 0.717) is 5.02 Å². The number of benzene rings is 1. The largest absolute Gasteiger partial charge is 0.398 e. The molecule has 1 aromatic heterocycles. The van der Waals surface area contributed by atoms with Crippen molar-refractivity contribution in [3.63, 3.8) is 0 Å². The van der Waals surface area contributed by atoms with E-state index in [1.807, 2.05) is 50.4 Å². The van der Waals surface area contributed by atoms with Gasteiger partial charge in [0.25, 0.3) is 0 Å². The maximum Gasteiger partial charge on any atom is 0.0547 e. The van der Waals surface area contributed by atoms with E-state index in [1.54, 1.807) is 0 Å². The summed E-state index contributed by atoms with van der Waals surface area (Å²) >= 11 is 5.99. The molecule has 2 N–H and O–H groups in total. The summed E-state index contributed by atoms with van der Waals surface area (Å²) in [6.45, 7) is 3.54. The van der Waals surface area contributed by atoms with E-state index >= 15 is 0 Å². The van der Waals surface area contributed by atoms with E-state index in [9.17, 15) is 0 Å². The van der Waals surface area contributed by atoms with Crippen LogP contribution in [-0.2, 0) is 13.1 Å². The fourth-order valence-corrected chi connectivity index (χ4v) is 2.22. The molecule has 0 aliphatic heterocycles. The molecule has 3 nitrogen and oxygen atoms in total. The van der Waals surface area contributed by atoms with Crippen molar-refractivity contribution in [2.75, 3.05) is 12.8 Å². The molecule has 0 atom stereocenters. The van der Waals surface area contributed by atoms with Crippen LogP contribution in [0.5, 0.6) is 0 Å². The maximum absolute atomic E-state index is 5.99. The summed E-state index contributed by atoms with van der Waals surface area (Å²) in [5.74, 6) is 0. The first-order valence-corrected chi connectivity index (χ1v) is 6.57. The number of rotatable bonds is 4. The third kappa shape index (κ3) is 3.94. The highest BCUT2D eigenvalue weighted by atomic mass is 35.5. The van der Waals surface area contributed by atoms with Crippen LogP contribution in [0, 0.1) is 6.92 Å². The number of halogens is 1. The molecular weight excluding hydrogens is 258 g/mol. The molecular formula is C15H18ClN3. The Labute approximate surface area is 119 Å². The number of pyridine rings is 1. The van der Waals surface area contributed by atoms with Crippen LogP contribution in [0.4, 0.5) is 5.69 Å². The van der Waals surface area contributed by atoms with Gasteiger partial charge >= 0.3 is 0 Å². The Hall–Kier alpha value is -1.58. The van der Waals surface area contributed by atoms with Crippen LogP contribution in [0.15, 0.2) is 36.4 Å². The molecule has 0 saturated carbocycles. The Kier molecular flexibility index (Phi) is 4.40. The van der Waals surface area contributed by atoms with Crippen LogP contribution in [0.2, 0.25) is 5.02 Å². The molecule has 4 heteroatoms. The van der Waals surface area contributed by atoms with E-state index in [-0.39, 0.29) is 0 Å². The normalized spacial score (nSPS) is 10.9. The second-order valence-electron chi connectivity index (χ2n) is 4.79. The number of nitrogens with zero attached hydrogens (tertiary/aromatic N) is 2.